The van der Waals surface area contributed by atoms with Crippen molar-refractivity contribution in [3.8, 4) is 0 Å². The molecule has 0 aliphatic carbocycles. The Morgan fingerprint density at radius 2 is 1.59 bits per heavy atom. The van der Waals surface area contributed by atoms with Gasteiger partial charge in [0, 0.05) is 22.8 Å². The van der Waals surface area contributed by atoms with Gasteiger partial charge in [0.05, 0.1) is 0 Å². The summed E-state index contributed by atoms with van der Waals surface area (Å²) in [6, 6.07) is 12.5. The van der Waals surface area contributed by atoms with E-state index in [0.717, 1.165) is 22.4 Å². The van der Waals surface area contributed by atoms with E-state index >= 15 is 0 Å². The maximum absolute atomic E-state index is 12.3. The lowest BCUT2D eigenvalue weighted by Crippen LogP contribution is -2.26. The van der Waals surface area contributed by atoms with Gasteiger partial charge in [0.1, 0.15) is 0 Å². The van der Waals surface area contributed by atoms with Gasteiger partial charge in [-0.2, -0.15) is 0 Å². The highest BCUT2D eigenvalue weighted by molar-refractivity contribution is 7.99. The molecule has 2 aromatic rings. The number of hydrogen-bond donors (Lipinski definition) is 1. The van der Waals surface area contributed by atoms with Gasteiger partial charge >= 0.3 is 0 Å². The van der Waals surface area contributed by atoms with Gasteiger partial charge in [0.2, 0.25) is 0 Å². The van der Waals surface area contributed by atoms with E-state index in [-0.39, 0.29) is 5.91 Å². The Morgan fingerprint density at radius 3 is 2.27 bits per heavy atom. The van der Waals surface area contributed by atoms with E-state index in [0.29, 0.717) is 6.54 Å². The van der Waals surface area contributed by atoms with Crippen molar-refractivity contribution < 1.29 is 4.79 Å². The summed E-state index contributed by atoms with van der Waals surface area (Å²) in [4.78, 5) is 13.5. The minimum atomic E-state index is 0.0186. The third-order valence-electron chi connectivity index (χ3n) is 3.76. The van der Waals surface area contributed by atoms with E-state index in [4.69, 9.17) is 0 Å². The Balaban J connectivity index is 1.85. The Hall–Kier alpha value is -1.74. The molecule has 0 atom stereocenters. The van der Waals surface area contributed by atoms with Crippen LogP contribution in [0.2, 0.25) is 0 Å². The zero-order valence-corrected chi connectivity index (χ0v) is 14.5. The molecule has 0 saturated heterocycles. The van der Waals surface area contributed by atoms with Crippen molar-refractivity contribution in [2.24, 2.45) is 0 Å². The van der Waals surface area contributed by atoms with Crippen molar-refractivity contribution in [2.75, 3.05) is 12.3 Å². The molecule has 0 aromatic heterocycles. The molecule has 1 amide bonds. The smallest absolute Gasteiger partial charge is 0.251 e. The molecule has 116 valence electrons. The number of nitrogens with one attached hydrogen (secondary N) is 1. The van der Waals surface area contributed by atoms with E-state index in [9.17, 15) is 4.79 Å². The molecular formula is C19H23NOS. The predicted molar refractivity (Wildman–Crippen MR) is 94.9 cm³/mol. The molecule has 22 heavy (non-hydrogen) atoms. The normalized spacial score (nSPS) is 10.5. The molecule has 0 saturated carbocycles. The predicted octanol–water partition coefficient (Wildman–Crippen LogP) is 4.44. The average Bonchev–Trinajstić information content (AvgIpc) is 2.49. The highest BCUT2D eigenvalue weighted by Gasteiger charge is 2.10. The summed E-state index contributed by atoms with van der Waals surface area (Å²) in [5.74, 6) is 0.892. The van der Waals surface area contributed by atoms with Gasteiger partial charge in [-0.15, -0.1) is 11.8 Å². The molecule has 0 unspecified atom stereocenters. The number of amides is 1. The third kappa shape index (κ3) is 4.38. The minimum Gasteiger partial charge on any atom is -0.351 e. The zero-order chi connectivity index (χ0) is 16.1. The Kier molecular flexibility index (Phi) is 5.67. The van der Waals surface area contributed by atoms with E-state index in [1.165, 1.54) is 16.0 Å². The van der Waals surface area contributed by atoms with Crippen LogP contribution < -0.4 is 5.32 Å². The van der Waals surface area contributed by atoms with Gasteiger partial charge < -0.3 is 5.32 Å². The van der Waals surface area contributed by atoms with E-state index in [1.807, 2.05) is 19.9 Å². The Labute approximate surface area is 137 Å². The van der Waals surface area contributed by atoms with Crippen molar-refractivity contribution in [2.45, 2.75) is 32.6 Å². The van der Waals surface area contributed by atoms with Gasteiger partial charge in [0.25, 0.3) is 5.91 Å². The monoisotopic (exact) mass is 313 g/mol. The molecule has 0 aliphatic rings. The molecule has 2 nitrogen and oxygen atoms in total. The summed E-state index contributed by atoms with van der Waals surface area (Å²) >= 11 is 1.76. The van der Waals surface area contributed by atoms with Crippen LogP contribution in [-0.2, 0) is 0 Å². The Morgan fingerprint density at radius 1 is 0.955 bits per heavy atom. The first-order chi connectivity index (χ1) is 10.5. The lowest BCUT2D eigenvalue weighted by molar-refractivity contribution is 0.0955. The number of benzene rings is 2. The number of rotatable bonds is 5. The van der Waals surface area contributed by atoms with E-state index in [1.54, 1.807) is 11.8 Å². The fraction of sp³-hybridized carbons (Fsp3) is 0.316. The molecule has 2 aromatic carbocycles. The maximum Gasteiger partial charge on any atom is 0.251 e. The second-order valence-electron chi connectivity index (χ2n) is 5.67. The molecule has 1 N–H and O–H groups in total. The minimum absolute atomic E-state index is 0.0186. The van der Waals surface area contributed by atoms with Crippen LogP contribution in [0.4, 0.5) is 0 Å². The van der Waals surface area contributed by atoms with Crippen LogP contribution in [0, 0.1) is 27.7 Å². The quantitative estimate of drug-likeness (QED) is 0.653. The highest BCUT2D eigenvalue weighted by atomic mass is 32.2. The van der Waals surface area contributed by atoms with Crippen LogP contribution in [0.3, 0.4) is 0 Å². The van der Waals surface area contributed by atoms with Gasteiger partial charge in [0.15, 0.2) is 0 Å². The molecule has 0 bridgehead atoms. The second-order valence-corrected chi connectivity index (χ2v) is 6.84. The van der Waals surface area contributed by atoms with Crippen molar-refractivity contribution in [3.05, 3.63) is 64.2 Å². The number of thioether (sulfide) groups is 1. The van der Waals surface area contributed by atoms with Crippen molar-refractivity contribution >= 4 is 17.7 Å². The maximum atomic E-state index is 12.3. The van der Waals surface area contributed by atoms with Crippen LogP contribution in [0.15, 0.2) is 41.3 Å². The zero-order valence-electron chi connectivity index (χ0n) is 13.7. The summed E-state index contributed by atoms with van der Waals surface area (Å²) in [5, 5.41) is 3.01. The van der Waals surface area contributed by atoms with Crippen molar-refractivity contribution in [3.63, 3.8) is 0 Å². The molecule has 0 fully saturated rings. The van der Waals surface area contributed by atoms with Crippen molar-refractivity contribution in [1.82, 2.24) is 5.32 Å². The first-order valence-electron chi connectivity index (χ1n) is 7.53. The fourth-order valence-corrected chi connectivity index (χ4v) is 3.04. The Bertz CT molecular complexity index is 662. The molecule has 0 aliphatic heterocycles. The first kappa shape index (κ1) is 16.6. The SMILES string of the molecule is Cc1ccc(SCCNC(=O)c2cc(C)c(C)cc2C)cc1. The van der Waals surface area contributed by atoms with Crippen LogP contribution >= 0.6 is 11.8 Å². The summed E-state index contributed by atoms with van der Waals surface area (Å²) in [7, 11) is 0. The van der Waals surface area contributed by atoms with E-state index in [2.05, 4.69) is 49.5 Å². The fourth-order valence-electron chi connectivity index (χ4n) is 2.27. The summed E-state index contributed by atoms with van der Waals surface area (Å²) in [6.45, 7) is 8.85. The standard InChI is InChI=1S/C19H23NOS/c1-13-5-7-17(8-6-13)22-10-9-20-19(21)18-12-15(3)14(2)11-16(18)4/h5-8,11-12H,9-10H2,1-4H3,(H,20,21). The van der Waals surface area contributed by atoms with Crippen LogP contribution in [-0.4, -0.2) is 18.2 Å². The molecule has 0 heterocycles. The van der Waals surface area contributed by atoms with Crippen molar-refractivity contribution in [1.29, 1.82) is 0 Å². The molecule has 3 heteroatoms. The lowest BCUT2D eigenvalue weighted by atomic mass is 10.0. The first-order valence-corrected chi connectivity index (χ1v) is 8.51. The summed E-state index contributed by atoms with van der Waals surface area (Å²) < 4.78 is 0. The average molecular weight is 313 g/mol. The number of carbonyl (C=O) groups is 1. The lowest BCUT2D eigenvalue weighted by Gasteiger charge is -2.10. The molecule has 0 radical (unpaired) electrons. The molecular weight excluding hydrogens is 290 g/mol. The highest BCUT2D eigenvalue weighted by Crippen LogP contribution is 2.18. The van der Waals surface area contributed by atoms with Crippen LogP contribution in [0.5, 0.6) is 0 Å². The third-order valence-corrected chi connectivity index (χ3v) is 4.78. The summed E-state index contributed by atoms with van der Waals surface area (Å²) in [6.07, 6.45) is 0. The molecule has 2 rings (SSSR count). The number of aryl methyl sites for hydroxylation is 4. The van der Waals surface area contributed by atoms with Gasteiger partial charge in [-0.05, 0) is 62.6 Å². The summed E-state index contributed by atoms with van der Waals surface area (Å²) in [5.41, 5.74) is 5.46. The topological polar surface area (TPSA) is 29.1 Å². The van der Waals surface area contributed by atoms with Gasteiger partial charge in [-0.1, -0.05) is 23.8 Å². The van der Waals surface area contributed by atoms with Gasteiger partial charge in [-0.25, -0.2) is 0 Å². The van der Waals surface area contributed by atoms with E-state index < -0.39 is 0 Å². The number of carbonyl (C=O) groups excluding carboxylic acids is 1. The largest absolute Gasteiger partial charge is 0.351 e. The van der Waals surface area contributed by atoms with Crippen LogP contribution in [0.25, 0.3) is 0 Å². The number of hydrogen-bond acceptors (Lipinski definition) is 2. The molecule has 0 spiro atoms. The van der Waals surface area contributed by atoms with Crippen LogP contribution in [0.1, 0.15) is 32.6 Å². The van der Waals surface area contributed by atoms with Gasteiger partial charge in [-0.3, -0.25) is 4.79 Å². The second kappa shape index (κ2) is 7.50.